The standard InChI is InChI=1S/C16H11F3O2/c17-16(18,19)21-12-5-1-4-11(9-12)13-6-2-3-10-7-8-14(20)15(10)13/h1-6,9H,7-8H2. The molecule has 108 valence electrons. The molecule has 3 rings (SSSR count). The summed E-state index contributed by atoms with van der Waals surface area (Å²) in [6.07, 6.45) is -3.60. The third-order valence-corrected chi connectivity index (χ3v) is 3.43. The summed E-state index contributed by atoms with van der Waals surface area (Å²) in [6.45, 7) is 0. The van der Waals surface area contributed by atoms with Crippen LogP contribution in [-0.4, -0.2) is 12.1 Å². The Balaban J connectivity index is 2.04. The number of ether oxygens (including phenoxy) is 1. The molecule has 0 saturated heterocycles. The fourth-order valence-electron chi connectivity index (χ4n) is 2.61. The molecule has 0 radical (unpaired) electrons. The maximum Gasteiger partial charge on any atom is 0.573 e. The summed E-state index contributed by atoms with van der Waals surface area (Å²) in [5.41, 5.74) is 2.76. The van der Waals surface area contributed by atoms with Gasteiger partial charge in [0.15, 0.2) is 5.78 Å². The third kappa shape index (κ3) is 2.77. The number of halogens is 3. The Morgan fingerprint density at radius 3 is 2.52 bits per heavy atom. The number of carbonyl (C=O) groups excluding carboxylic acids is 1. The van der Waals surface area contributed by atoms with Crippen LogP contribution < -0.4 is 4.74 Å². The average Bonchev–Trinajstić information content (AvgIpc) is 2.79. The zero-order chi connectivity index (χ0) is 15.0. The summed E-state index contributed by atoms with van der Waals surface area (Å²) < 4.78 is 40.8. The maximum absolute atomic E-state index is 12.3. The Hall–Kier alpha value is -2.30. The van der Waals surface area contributed by atoms with E-state index in [1.54, 1.807) is 12.1 Å². The van der Waals surface area contributed by atoms with Gasteiger partial charge < -0.3 is 4.74 Å². The van der Waals surface area contributed by atoms with E-state index >= 15 is 0 Å². The van der Waals surface area contributed by atoms with Crippen LogP contribution in [0.3, 0.4) is 0 Å². The van der Waals surface area contributed by atoms with E-state index in [9.17, 15) is 18.0 Å². The Morgan fingerprint density at radius 2 is 1.76 bits per heavy atom. The van der Waals surface area contributed by atoms with Crippen LogP contribution in [0.1, 0.15) is 22.3 Å². The minimum absolute atomic E-state index is 0.0303. The molecule has 0 spiro atoms. The lowest BCUT2D eigenvalue weighted by atomic mass is 9.96. The van der Waals surface area contributed by atoms with Crippen LogP contribution in [0.15, 0.2) is 42.5 Å². The van der Waals surface area contributed by atoms with Gasteiger partial charge >= 0.3 is 6.36 Å². The van der Waals surface area contributed by atoms with Gasteiger partial charge in [0, 0.05) is 12.0 Å². The molecule has 0 amide bonds. The Labute approximate surface area is 119 Å². The molecular formula is C16H11F3O2. The number of fused-ring (bicyclic) bond motifs is 1. The predicted octanol–water partition coefficient (Wildman–Crippen LogP) is 4.38. The van der Waals surface area contributed by atoms with Crippen LogP contribution >= 0.6 is 0 Å². The predicted molar refractivity (Wildman–Crippen MR) is 71.2 cm³/mol. The molecule has 0 saturated carbocycles. The zero-order valence-electron chi connectivity index (χ0n) is 10.9. The molecule has 0 fully saturated rings. The van der Waals surface area contributed by atoms with Gasteiger partial charge in [-0.25, -0.2) is 0 Å². The molecule has 2 aromatic rings. The number of carbonyl (C=O) groups is 1. The Morgan fingerprint density at radius 1 is 1.00 bits per heavy atom. The van der Waals surface area contributed by atoms with Gasteiger partial charge in [-0.2, -0.15) is 0 Å². The quantitative estimate of drug-likeness (QED) is 0.821. The first kappa shape index (κ1) is 13.7. The normalized spacial score (nSPS) is 14.1. The minimum atomic E-state index is -4.73. The van der Waals surface area contributed by atoms with E-state index in [0.717, 1.165) is 5.56 Å². The van der Waals surface area contributed by atoms with Crippen molar-refractivity contribution < 1.29 is 22.7 Å². The largest absolute Gasteiger partial charge is 0.573 e. The van der Waals surface area contributed by atoms with E-state index in [1.165, 1.54) is 18.2 Å². The Bertz CT molecular complexity index is 705. The van der Waals surface area contributed by atoms with Crippen molar-refractivity contribution in [2.45, 2.75) is 19.2 Å². The van der Waals surface area contributed by atoms with Gasteiger partial charge in [-0.15, -0.1) is 13.2 Å². The number of hydrogen-bond donors (Lipinski definition) is 0. The summed E-state index contributed by atoms with van der Waals surface area (Å²) in [6, 6.07) is 11.1. The minimum Gasteiger partial charge on any atom is -0.406 e. The molecule has 1 aliphatic rings. The molecule has 5 heteroatoms. The van der Waals surface area contributed by atoms with Crippen molar-refractivity contribution in [1.29, 1.82) is 0 Å². The highest BCUT2D eigenvalue weighted by molar-refractivity contribution is 6.06. The van der Waals surface area contributed by atoms with Gasteiger partial charge in [-0.3, -0.25) is 4.79 Å². The monoisotopic (exact) mass is 292 g/mol. The number of aryl methyl sites for hydroxylation is 1. The maximum atomic E-state index is 12.3. The van der Waals surface area contributed by atoms with E-state index in [4.69, 9.17) is 0 Å². The molecule has 0 atom stereocenters. The summed E-state index contributed by atoms with van der Waals surface area (Å²) >= 11 is 0. The van der Waals surface area contributed by atoms with Crippen LogP contribution in [0.5, 0.6) is 5.75 Å². The molecule has 0 N–H and O–H groups in total. The van der Waals surface area contributed by atoms with Crippen LogP contribution in [-0.2, 0) is 6.42 Å². The summed E-state index contributed by atoms with van der Waals surface area (Å²) in [4.78, 5) is 12.0. The molecule has 0 heterocycles. The van der Waals surface area contributed by atoms with Gasteiger partial charge in [0.2, 0.25) is 0 Å². The number of hydrogen-bond acceptors (Lipinski definition) is 2. The lowest BCUT2D eigenvalue weighted by Gasteiger charge is -2.12. The SMILES string of the molecule is O=C1CCc2cccc(-c3cccc(OC(F)(F)F)c3)c21. The fraction of sp³-hybridized carbons (Fsp3) is 0.188. The highest BCUT2D eigenvalue weighted by atomic mass is 19.4. The van der Waals surface area contributed by atoms with Crippen LogP contribution in [0.2, 0.25) is 0 Å². The molecule has 1 aliphatic carbocycles. The second-order valence-corrected chi connectivity index (χ2v) is 4.84. The highest BCUT2D eigenvalue weighted by Crippen LogP contribution is 2.34. The topological polar surface area (TPSA) is 26.3 Å². The van der Waals surface area contributed by atoms with E-state index in [1.807, 2.05) is 12.1 Å². The molecule has 2 aromatic carbocycles. The van der Waals surface area contributed by atoms with Crippen molar-refractivity contribution in [2.75, 3.05) is 0 Å². The van der Waals surface area contributed by atoms with Gasteiger partial charge in [0.05, 0.1) is 0 Å². The van der Waals surface area contributed by atoms with Crippen molar-refractivity contribution >= 4 is 5.78 Å². The number of Topliss-reactive ketones (excluding diaryl/α,β-unsaturated/α-hetero) is 1. The third-order valence-electron chi connectivity index (χ3n) is 3.43. The fourth-order valence-corrected chi connectivity index (χ4v) is 2.61. The summed E-state index contributed by atoms with van der Waals surface area (Å²) in [5, 5.41) is 0. The molecule has 0 bridgehead atoms. The van der Waals surface area contributed by atoms with Crippen LogP contribution in [0, 0.1) is 0 Å². The molecule has 21 heavy (non-hydrogen) atoms. The number of ketones is 1. The van der Waals surface area contributed by atoms with E-state index in [-0.39, 0.29) is 11.5 Å². The Kier molecular flexibility index (Phi) is 3.20. The first-order chi connectivity index (χ1) is 9.94. The van der Waals surface area contributed by atoms with Gasteiger partial charge in [-0.1, -0.05) is 30.3 Å². The summed E-state index contributed by atoms with van der Waals surface area (Å²) in [5.74, 6) is -0.259. The average molecular weight is 292 g/mol. The van der Waals surface area contributed by atoms with Crippen LogP contribution in [0.4, 0.5) is 13.2 Å². The number of alkyl halides is 3. The van der Waals surface area contributed by atoms with Gasteiger partial charge in [-0.05, 0) is 35.2 Å². The lowest BCUT2D eigenvalue weighted by molar-refractivity contribution is -0.274. The second-order valence-electron chi connectivity index (χ2n) is 4.84. The van der Waals surface area contributed by atoms with E-state index in [2.05, 4.69) is 4.74 Å². The summed E-state index contributed by atoms with van der Waals surface area (Å²) in [7, 11) is 0. The van der Waals surface area contributed by atoms with Crippen molar-refractivity contribution in [1.82, 2.24) is 0 Å². The van der Waals surface area contributed by atoms with Crippen LogP contribution in [0.25, 0.3) is 11.1 Å². The lowest BCUT2D eigenvalue weighted by Crippen LogP contribution is -2.17. The molecule has 0 aliphatic heterocycles. The second kappa shape index (κ2) is 4.91. The number of rotatable bonds is 2. The highest BCUT2D eigenvalue weighted by Gasteiger charge is 2.31. The number of benzene rings is 2. The van der Waals surface area contributed by atoms with E-state index < -0.39 is 6.36 Å². The molecule has 0 unspecified atom stereocenters. The zero-order valence-corrected chi connectivity index (χ0v) is 10.9. The van der Waals surface area contributed by atoms with Gasteiger partial charge in [0.1, 0.15) is 5.75 Å². The van der Waals surface area contributed by atoms with Gasteiger partial charge in [0.25, 0.3) is 0 Å². The van der Waals surface area contributed by atoms with Crippen molar-refractivity contribution in [3.05, 3.63) is 53.6 Å². The van der Waals surface area contributed by atoms with Crippen molar-refractivity contribution in [3.63, 3.8) is 0 Å². The molecule has 0 aromatic heterocycles. The first-order valence-corrected chi connectivity index (χ1v) is 6.45. The molecule has 2 nitrogen and oxygen atoms in total. The van der Waals surface area contributed by atoms with Crippen molar-refractivity contribution in [2.24, 2.45) is 0 Å². The molecular weight excluding hydrogens is 281 g/mol. The van der Waals surface area contributed by atoms with E-state index in [0.29, 0.717) is 29.5 Å². The van der Waals surface area contributed by atoms with Crippen molar-refractivity contribution in [3.8, 4) is 16.9 Å². The first-order valence-electron chi connectivity index (χ1n) is 6.45. The smallest absolute Gasteiger partial charge is 0.406 e.